The maximum Gasteiger partial charge on any atom is 0.408 e. The average molecular weight is 780 g/mol. The van der Waals surface area contributed by atoms with Crippen molar-refractivity contribution in [3.8, 4) is 16.9 Å². The first-order valence-corrected chi connectivity index (χ1v) is 21.9. The summed E-state index contributed by atoms with van der Waals surface area (Å²) in [4.78, 5) is 44.6. The highest BCUT2D eigenvalue weighted by molar-refractivity contribution is 6.78. The van der Waals surface area contributed by atoms with E-state index in [1.54, 1.807) is 20.8 Å². The summed E-state index contributed by atoms with van der Waals surface area (Å²) in [6.45, 7) is 25.6. The normalized spacial score (nSPS) is 16.1. The first-order valence-electron chi connectivity index (χ1n) is 19.7. The molecule has 1 saturated heterocycles. The van der Waals surface area contributed by atoms with Gasteiger partial charge in [-0.05, 0) is 98.1 Å². The molecule has 13 heteroatoms. The molecule has 1 aliphatic rings. The van der Waals surface area contributed by atoms with Crippen LogP contribution in [0.2, 0.25) is 16.6 Å². The van der Waals surface area contributed by atoms with Crippen LogP contribution < -0.4 is 20.6 Å². The van der Waals surface area contributed by atoms with Crippen molar-refractivity contribution >= 4 is 37.2 Å². The zero-order valence-corrected chi connectivity index (χ0v) is 36.1. The molecule has 1 aromatic heterocycles. The molecule has 55 heavy (non-hydrogen) atoms. The molecule has 4 N–H and O–H groups in total. The van der Waals surface area contributed by atoms with Crippen molar-refractivity contribution < 1.29 is 33.4 Å². The van der Waals surface area contributed by atoms with Crippen LogP contribution in [-0.4, -0.2) is 78.3 Å². The van der Waals surface area contributed by atoms with Gasteiger partial charge in [-0.25, -0.2) is 15.2 Å². The molecular weight excluding hydrogens is 715 g/mol. The predicted molar refractivity (Wildman–Crippen MR) is 219 cm³/mol. The van der Waals surface area contributed by atoms with E-state index in [0.717, 1.165) is 46.5 Å². The maximum absolute atomic E-state index is 13.9. The molecule has 12 nitrogen and oxygen atoms in total. The lowest BCUT2D eigenvalue weighted by molar-refractivity contribution is -0.151. The number of hydrogen-bond acceptors (Lipinski definition) is 10. The lowest BCUT2D eigenvalue weighted by atomic mass is 9.94. The van der Waals surface area contributed by atoms with E-state index in [2.05, 4.69) is 74.4 Å². The molecule has 1 fully saturated rings. The molecule has 0 aliphatic carbocycles. The summed E-state index contributed by atoms with van der Waals surface area (Å²) in [6.07, 6.45) is 0.754. The number of Topliss-reactive ketones (excluding diaryl/α,β-unsaturated/α-hetero) is 1. The van der Waals surface area contributed by atoms with E-state index in [0.29, 0.717) is 35.3 Å². The van der Waals surface area contributed by atoms with Crippen LogP contribution in [0.15, 0.2) is 36.4 Å². The molecule has 2 aromatic carbocycles. The molecule has 304 valence electrons. The van der Waals surface area contributed by atoms with E-state index in [1.807, 2.05) is 45.0 Å². The van der Waals surface area contributed by atoms with Gasteiger partial charge in [-0.15, -0.1) is 0 Å². The number of aryl methyl sites for hydroxylation is 1. The number of amides is 1. The summed E-state index contributed by atoms with van der Waals surface area (Å²) in [6, 6.07) is 10.6. The third-order valence-corrected chi connectivity index (χ3v) is 16.5. The Bertz CT molecular complexity index is 1790. The number of fused-ring (bicyclic) bond motifs is 1. The van der Waals surface area contributed by atoms with Crippen LogP contribution in [0.5, 0.6) is 5.75 Å². The molecule has 3 aromatic rings. The Balaban J connectivity index is 1.80. The number of carbonyl (C=O) groups is 3. The zero-order valence-electron chi connectivity index (χ0n) is 35.1. The molecule has 1 amide bonds. The monoisotopic (exact) mass is 779 g/mol. The van der Waals surface area contributed by atoms with Gasteiger partial charge in [0.05, 0.1) is 17.1 Å². The summed E-state index contributed by atoms with van der Waals surface area (Å²) >= 11 is 0. The molecule has 0 radical (unpaired) electrons. The Morgan fingerprint density at radius 1 is 0.982 bits per heavy atom. The number of aliphatic hydroxyl groups is 1. The smallest absolute Gasteiger partial charge is 0.408 e. The Morgan fingerprint density at radius 2 is 1.65 bits per heavy atom. The van der Waals surface area contributed by atoms with Gasteiger partial charge in [0, 0.05) is 31.5 Å². The Kier molecular flexibility index (Phi) is 14.4. The van der Waals surface area contributed by atoms with Crippen molar-refractivity contribution in [2.24, 2.45) is 5.41 Å². The molecule has 1 aliphatic heterocycles. The number of nitrogens with zero attached hydrogens (tertiary/aromatic N) is 2. The number of carbonyl (C=O) groups excluding carboxylic acids is 3. The summed E-state index contributed by atoms with van der Waals surface area (Å²) in [5.74, 6) is 0.573. The van der Waals surface area contributed by atoms with Crippen LogP contribution in [0.3, 0.4) is 0 Å². The number of esters is 1. The summed E-state index contributed by atoms with van der Waals surface area (Å²) < 4.78 is 20.4. The van der Waals surface area contributed by atoms with Gasteiger partial charge in [0.15, 0.2) is 12.4 Å². The number of aromatic nitrogens is 2. The quantitative estimate of drug-likeness (QED) is 0.0856. The van der Waals surface area contributed by atoms with Gasteiger partial charge in [0.25, 0.3) is 8.32 Å². The lowest BCUT2D eigenvalue weighted by Gasteiger charge is -2.42. The number of benzene rings is 2. The van der Waals surface area contributed by atoms with E-state index >= 15 is 0 Å². The first-order chi connectivity index (χ1) is 25.7. The highest BCUT2D eigenvalue weighted by Crippen LogP contribution is 2.44. The first kappa shape index (κ1) is 43.9. The van der Waals surface area contributed by atoms with Crippen molar-refractivity contribution in [3.05, 3.63) is 47.8 Å². The third-order valence-electron chi connectivity index (χ3n) is 10.5. The van der Waals surface area contributed by atoms with Gasteiger partial charge in [0.2, 0.25) is 0 Å². The fraction of sp³-hybridized carbons (Fsp3) is 0.619. The van der Waals surface area contributed by atoms with Crippen LogP contribution in [0, 0.1) is 12.3 Å². The molecule has 4 rings (SSSR count). The summed E-state index contributed by atoms with van der Waals surface area (Å²) in [7, 11) is -2.42. The lowest BCUT2D eigenvalue weighted by Crippen LogP contribution is -2.51. The minimum absolute atomic E-state index is 0.0346. The Morgan fingerprint density at radius 3 is 2.24 bits per heavy atom. The molecule has 0 bridgehead atoms. The number of hydrogen-bond donors (Lipinski definition) is 4. The van der Waals surface area contributed by atoms with Gasteiger partial charge in [-0.2, -0.15) is 0 Å². The fourth-order valence-corrected chi connectivity index (χ4v) is 13.0. The van der Waals surface area contributed by atoms with Crippen molar-refractivity contribution in [1.82, 2.24) is 25.7 Å². The second-order valence-electron chi connectivity index (χ2n) is 17.8. The van der Waals surface area contributed by atoms with Crippen molar-refractivity contribution in [1.29, 1.82) is 0 Å². The van der Waals surface area contributed by atoms with Gasteiger partial charge < -0.3 is 28.9 Å². The van der Waals surface area contributed by atoms with E-state index in [-0.39, 0.29) is 18.4 Å². The Hall–Kier alpha value is -3.78. The van der Waals surface area contributed by atoms with Crippen LogP contribution in [0.25, 0.3) is 22.2 Å². The summed E-state index contributed by atoms with van der Waals surface area (Å²) in [5.41, 5.74) is 10.1. The summed E-state index contributed by atoms with van der Waals surface area (Å²) in [5, 5.41) is 12.8. The molecule has 0 saturated carbocycles. The Labute approximate surface area is 328 Å². The second-order valence-corrected chi connectivity index (χ2v) is 23.2. The molecule has 0 spiro atoms. The van der Waals surface area contributed by atoms with Crippen LogP contribution in [-0.2, 0) is 32.0 Å². The minimum Gasteiger partial charge on any atom is -0.543 e. The van der Waals surface area contributed by atoms with Gasteiger partial charge >= 0.3 is 12.1 Å². The zero-order chi connectivity index (χ0) is 40.9. The topological polar surface area (TPSA) is 153 Å². The number of aliphatic hydroxyl groups excluding tert-OH is 1. The average Bonchev–Trinajstić information content (AvgIpc) is 3.40. The van der Waals surface area contributed by atoms with Crippen LogP contribution in [0.1, 0.15) is 100 Å². The molecular formula is C42H65N5O7Si. The van der Waals surface area contributed by atoms with E-state index in [4.69, 9.17) is 18.9 Å². The van der Waals surface area contributed by atoms with Crippen molar-refractivity contribution in [3.63, 3.8) is 0 Å². The number of alkyl carbamates (subject to hydrolysis) is 1. The number of nitrogens with one attached hydrogen (secondary N) is 3. The van der Waals surface area contributed by atoms with Gasteiger partial charge in [-0.1, -0.05) is 67.5 Å². The highest BCUT2D eigenvalue weighted by Gasteiger charge is 2.47. The third kappa shape index (κ3) is 11.2. The van der Waals surface area contributed by atoms with Gasteiger partial charge in [0.1, 0.15) is 23.2 Å². The maximum atomic E-state index is 13.9. The fourth-order valence-electron chi connectivity index (χ4n) is 7.78. The van der Waals surface area contributed by atoms with Crippen molar-refractivity contribution in [2.75, 3.05) is 19.8 Å². The van der Waals surface area contributed by atoms with Crippen LogP contribution >= 0.6 is 0 Å². The standard InChI is InChI=1S/C42H65N5O7Si/c1-26(2)55(27(3)4,28(5)6)54-33-19-30(18-32(21-33)31-15-16-34-37(22-31)47(29(7)44-34)24-42(11,12)25-48)20-36(45-40(51)53-41(8,9)10)38(49)23-52-39(50)35-14-13-17-43-46-35/h15-16,18-19,21-22,26-28,35-36,43,46,48H,13-14,17,20,23-25H2,1-12H3,(H,45,51). The minimum atomic E-state index is -2.42. The number of imidazole rings is 1. The largest absolute Gasteiger partial charge is 0.543 e. The number of ketones is 1. The van der Waals surface area contributed by atoms with E-state index in [9.17, 15) is 19.5 Å². The molecule has 2 atom stereocenters. The van der Waals surface area contributed by atoms with Crippen molar-refractivity contribution in [2.45, 2.75) is 143 Å². The van der Waals surface area contributed by atoms with Gasteiger partial charge in [-0.3, -0.25) is 15.0 Å². The SMILES string of the molecule is Cc1nc2ccc(-c3cc(CC(NC(=O)OC(C)(C)C)C(=O)COC(=O)C4CCCNN4)cc(O[Si](C(C)C)(C(C)C)C(C)C)c3)cc2n1CC(C)(C)CO. The number of ether oxygens (including phenoxy) is 2. The number of rotatable bonds is 16. The number of hydrazine groups is 1. The highest BCUT2D eigenvalue weighted by atomic mass is 28.4. The van der Waals surface area contributed by atoms with Crippen LogP contribution in [0.4, 0.5) is 4.79 Å². The predicted octanol–water partition coefficient (Wildman–Crippen LogP) is 7.39. The van der Waals surface area contributed by atoms with E-state index in [1.165, 1.54) is 0 Å². The molecule has 2 unspecified atom stereocenters. The molecule has 2 heterocycles. The van der Waals surface area contributed by atoms with E-state index < -0.39 is 50.5 Å². The second kappa shape index (κ2) is 18.0.